The number of rotatable bonds is 3. The molecular weight excluding hydrogens is 344 g/mol. The van der Waals surface area contributed by atoms with Crippen LogP contribution in [0.1, 0.15) is 31.1 Å². The fraction of sp³-hybridized carbons (Fsp3) is 0.538. The topological polar surface area (TPSA) is 69.6 Å². The Morgan fingerprint density at radius 2 is 2.30 bits per heavy atom. The minimum absolute atomic E-state index is 0.306. The van der Waals surface area contributed by atoms with Gasteiger partial charge in [-0.1, -0.05) is 0 Å². The molecule has 0 bridgehead atoms. The number of urea groups is 1. The Morgan fingerprint density at radius 1 is 1.55 bits per heavy atom. The van der Waals surface area contributed by atoms with Gasteiger partial charge in [0.05, 0.1) is 6.54 Å². The first-order valence-electron chi connectivity index (χ1n) is 6.45. The van der Waals surface area contributed by atoms with Crippen LogP contribution in [0.3, 0.4) is 0 Å². The van der Waals surface area contributed by atoms with Gasteiger partial charge in [-0.2, -0.15) is 0 Å². The summed E-state index contributed by atoms with van der Waals surface area (Å²) in [6, 6.07) is 1.64. The van der Waals surface area contributed by atoms with Crippen LogP contribution in [0.15, 0.2) is 15.9 Å². The lowest BCUT2D eigenvalue weighted by Crippen LogP contribution is -2.59. The van der Waals surface area contributed by atoms with Crippen LogP contribution >= 0.6 is 27.3 Å². The summed E-state index contributed by atoms with van der Waals surface area (Å²) in [6.45, 7) is 2.53. The van der Waals surface area contributed by atoms with Crippen LogP contribution in [-0.2, 0) is 11.3 Å². The maximum atomic E-state index is 12.2. The van der Waals surface area contributed by atoms with Crippen LogP contribution in [0.4, 0.5) is 4.79 Å². The molecule has 1 aromatic heterocycles. The van der Waals surface area contributed by atoms with Gasteiger partial charge in [-0.25, -0.2) is 9.59 Å². The predicted octanol–water partition coefficient (Wildman–Crippen LogP) is 3.05. The van der Waals surface area contributed by atoms with Crippen LogP contribution in [-0.4, -0.2) is 34.1 Å². The van der Waals surface area contributed by atoms with E-state index < -0.39 is 11.5 Å². The highest BCUT2D eigenvalue weighted by Crippen LogP contribution is 2.28. The number of nitrogens with one attached hydrogen (secondary N) is 1. The smallest absolute Gasteiger partial charge is 0.329 e. The number of carboxylic acid groups (broad SMARTS) is 1. The highest BCUT2D eigenvalue weighted by atomic mass is 79.9. The summed E-state index contributed by atoms with van der Waals surface area (Å²) >= 11 is 4.91. The van der Waals surface area contributed by atoms with Crippen LogP contribution in [0.5, 0.6) is 0 Å². The van der Waals surface area contributed by atoms with Gasteiger partial charge in [0.2, 0.25) is 0 Å². The number of nitrogens with zero attached hydrogens (tertiary/aromatic N) is 1. The first-order chi connectivity index (χ1) is 9.43. The van der Waals surface area contributed by atoms with Crippen molar-refractivity contribution in [2.45, 2.75) is 38.3 Å². The zero-order valence-corrected chi connectivity index (χ0v) is 13.6. The van der Waals surface area contributed by atoms with Crippen molar-refractivity contribution in [2.24, 2.45) is 0 Å². The van der Waals surface area contributed by atoms with E-state index in [1.807, 2.05) is 11.4 Å². The molecule has 1 aliphatic heterocycles. The third-order valence-corrected chi connectivity index (χ3v) is 5.33. The minimum atomic E-state index is -1.10. The maximum absolute atomic E-state index is 12.2. The van der Waals surface area contributed by atoms with Crippen molar-refractivity contribution < 1.29 is 14.7 Å². The normalized spacial score (nSPS) is 22.6. The number of halogens is 1. The highest BCUT2D eigenvalue weighted by molar-refractivity contribution is 9.10. The number of aliphatic carboxylic acids is 1. The average molecular weight is 361 g/mol. The van der Waals surface area contributed by atoms with Gasteiger partial charge in [-0.05, 0) is 48.2 Å². The van der Waals surface area contributed by atoms with Gasteiger partial charge < -0.3 is 15.3 Å². The van der Waals surface area contributed by atoms with Crippen LogP contribution < -0.4 is 5.32 Å². The predicted molar refractivity (Wildman–Crippen MR) is 80.9 cm³/mol. The molecular formula is C13H17BrN2O3S. The number of carboxylic acids is 1. The number of piperidine rings is 1. The number of amides is 2. The summed E-state index contributed by atoms with van der Waals surface area (Å²) in [5.74, 6) is -0.939. The molecule has 0 radical (unpaired) electrons. The first kappa shape index (κ1) is 15.3. The lowest BCUT2D eigenvalue weighted by Gasteiger charge is -2.41. The molecule has 1 aliphatic rings. The molecule has 0 spiro atoms. The van der Waals surface area contributed by atoms with Crippen molar-refractivity contribution in [3.8, 4) is 0 Å². The second-order valence-electron chi connectivity index (χ2n) is 5.08. The second kappa shape index (κ2) is 6.13. The molecule has 7 heteroatoms. The molecule has 1 fully saturated rings. The van der Waals surface area contributed by atoms with E-state index in [2.05, 4.69) is 21.2 Å². The van der Waals surface area contributed by atoms with Crippen LogP contribution in [0.25, 0.3) is 0 Å². The molecule has 110 valence electrons. The molecule has 2 amide bonds. The molecule has 20 heavy (non-hydrogen) atoms. The van der Waals surface area contributed by atoms with Gasteiger partial charge >= 0.3 is 12.0 Å². The van der Waals surface area contributed by atoms with E-state index in [1.54, 1.807) is 18.3 Å². The van der Waals surface area contributed by atoms with Crippen molar-refractivity contribution in [2.75, 3.05) is 6.54 Å². The molecule has 2 N–H and O–H groups in total. The maximum Gasteiger partial charge on any atom is 0.329 e. The SMILES string of the molecule is CC1(C(=O)O)CCCCN1C(=O)NCc1cc(Br)cs1. The van der Waals surface area contributed by atoms with E-state index in [9.17, 15) is 14.7 Å². The minimum Gasteiger partial charge on any atom is -0.480 e. The number of carbonyl (C=O) groups is 2. The molecule has 0 aliphatic carbocycles. The van der Waals surface area contributed by atoms with Crippen molar-refractivity contribution in [3.05, 3.63) is 20.8 Å². The summed E-state index contributed by atoms with van der Waals surface area (Å²) in [6.07, 6.45) is 2.19. The Morgan fingerprint density at radius 3 is 2.90 bits per heavy atom. The molecule has 2 heterocycles. The number of thiophene rings is 1. The second-order valence-corrected chi connectivity index (χ2v) is 6.99. The number of carbonyl (C=O) groups excluding carboxylic acids is 1. The van der Waals surface area contributed by atoms with Gasteiger partial charge in [0.15, 0.2) is 0 Å². The van der Waals surface area contributed by atoms with E-state index in [0.29, 0.717) is 19.5 Å². The standard InChI is InChI=1S/C13H17BrN2O3S/c1-13(11(17)18)4-2-3-5-16(13)12(19)15-7-10-6-9(14)8-20-10/h6,8H,2-5,7H2,1H3,(H,15,19)(H,17,18). The monoisotopic (exact) mass is 360 g/mol. The zero-order valence-electron chi connectivity index (χ0n) is 11.2. The van der Waals surface area contributed by atoms with Gasteiger partial charge in [0.1, 0.15) is 5.54 Å². The number of likely N-dealkylation sites (tertiary alicyclic amines) is 1. The summed E-state index contributed by atoms with van der Waals surface area (Å²) < 4.78 is 0.986. The Kier molecular flexibility index (Phi) is 4.70. The first-order valence-corrected chi connectivity index (χ1v) is 8.12. The third kappa shape index (κ3) is 3.15. The summed E-state index contributed by atoms with van der Waals surface area (Å²) in [4.78, 5) is 26.2. The third-order valence-electron chi connectivity index (χ3n) is 3.63. The van der Waals surface area contributed by atoms with E-state index in [1.165, 1.54) is 4.90 Å². The molecule has 2 rings (SSSR count). The quantitative estimate of drug-likeness (QED) is 0.870. The van der Waals surface area contributed by atoms with Crippen LogP contribution in [0, 0.1) is 0 Å². The molecule has 1 aromatic rings. The Labute approximate surface area is 130 Å². The van der Waals surface area contributed by atoms with Crippen molar-refractivity contribution in [3.63, 3.8) is 0 Å². The van der Waals surface area contributed by atoms with E-state index >= 15 is 0 Å². The molecule has 1 saturated heterocycles. The molecule has 0 aromatic carbocycles. The largest absolute Gasteiger partial charge is 0.480 e. The van der Waals surface area contributed by atoms with Gasteiger partial charge in [0.25, 0.3) is 0 Å². The van der Waals surface area contributed by atoms with E-state index in [4.69, 9.17) is 0 Å². The van der Waals surface area contributed by atoms with Crippen molar-refractivity contribution in [1.29, 1.82) is 0 Å². The summed E-state index contributed by atoms with van der Waals surface area (Å²) in [7, 11) is 0. The fourth-order valence-corrected chi connectivity index (χ4v) is 3.76. The Bertz CT molecular complexity index is 519. The lowest BCUT2D eigenvalue weighted by atomic mass is 9.89. The van der Waals surface area contributed by atoms with Crippen LogP contribution in [0.2, 0.25) is 0 Å². The van der Waals surface area contributed by atoms with Crippen molar-refractivity contribution in [1.82, 2.24) is 10.2 Å². The van der Waals surface area contributed by atoms with Gasteiger partial charge in [-0.15, -0.1) is 11.3 Å². The number of hydrogen-bond donors (Lipinski definition) is 2. The highest BCUT2D eigenvalue weighted by Gasteiger charge is 2.43. The summed E-state index contributed by atoms with van der Waals surface area (Å²) in [5, 5.41) is 14.1. The summed E-state index contributed by atoms with van der Waals surface area (Å²) in [5.41, 5.74) is -1.10. The van der Waals surface area contributed by atoms with Crippen molar-refractivity contribution >= 4 is 39.3 Å². The lowest BCUT2D eigenvalue weighted by molar-refractivity contribution is -0.150. The fourth-order valence-electron chi connectivity index (χ4n) is 2.37. The molecule has 1 atom stereocenters. The van der Waals surface area contributed by atoms with Gasteiger partial charge in [-0.3, -0.25) is 0 Å². The molecule has 5 nitrogen and oxygen atoms in total. The van der Waals surface area contributed by atoms with E-state index in [-0.39, 0.29) is 6.03 Å². The number of hydrogen-bond acceptors (Lipinski definition) is 3. The van der Waals surface area contributed by atoms with Gasteiger partial charge in [0, 0.05) is 21.3 Å². The Balaban J connectivity index is 2.01. The molecule has 0 saturated carbocycles. The molecule has 1 unspecified atom stereocenters. The average Bonchev–Trinajstić information content (AvgIpc) is 2.82. The Hall–Kier alpha value is -1.08. The zero-order chi connectivity index (χ0) is 14.8. The van der Waals surface area contributed by atoms with E-state index in [0.717, 1.165) is 22.2 Å².